The lowest BCUT2D eigenvalue weighted by Crippen LogP contribution is -2.35. The zero-order valence-electron chi connectivity index (χ0n) is 13.2. The van der Waals surface area contributed by atoms with Gasteiger partial charge in [-0.1, -0.05) is 52.9 Å². The van der Waals surface area contributed by atoms with E-state index in [-0.39, 0.29) is 11.9 Å². The first-order valence-corrected chi connectivity index (χ1v) is 9.26. The molecule has 1 aromatic heterocycles. The van der Waals surface area contributed by atoms with Crippen molar-refractivity contribution in [1.29, 1.82) is 0 Å². The number of amides is 1. The molecule has 0 aliphatic carbocycles. The van der Waals surface area contributed by atoms with E-state index in [0.717, 1.165) is 14.9 Å². The number of rotatable bonds is 7. The fourth-order valence-electron chi connectivity index (χ4n) is 2.04. The van der Waals surface area contributed by atoms with E-state index in [4.69, 9.17) is 11.6 Å². The summed E-state index contributed by atoms with van der Waals surface area (Å²) in [7, 11) is 3.94. The van der Waals surface area contributed by atoms with Crippen molar-refractivity contribution in [3.05, 3.63) is 39.9 Å². The highest BCUT2D eigenvalue weighted by molar-refractivity contribution is 8.01. The molecular formula is C15H19ClN4OS2. The molecule has 1 N–H and O–H groups in total. The number of hydrogen-bond acceptors (Lipinski definition) is 6. The topological polar surface area (TPSA) is 58.1 Å². The number of aryl methyl sites for hydroxylation is 1. The van der Waals surface area contributed by atoms with E-state index in [9.17, 15) is 4.79 Å². The Bertz CT molecular complexity index is 662. The minimum Gasteiger partial charge on any atom is -0.353 e. The van der Waals surface area contributed by atoms with Crippen LogP contribution < -0.4 is 5.32 Å². The van der Waals surface area contributed by atoms with E-state index in [0.29, 0.717) is 17.3 Å². The molecule has 23 heavy (non-hydrogen) atoms. The van der Waals surface area contributed by atoms with Crippen LogP contribution in [0.2, 0.25) is 5.02 Å². The fourth-order valence-corrected chi connectivity index (χ4v) is 3.95. The Morgan fingerprint density at radius 1 is 1.39 bits per heavy atom. The van der Waals surface area contributed by atoms with Gasteiger partial charge in [0.2, 0.25) is 5.91 Å². The molecule has 5 nitrogen and oxygen atoms in total. The average molecular weight is 371 g/mol. The van der Waals surface area contributed by atoms with Crippen molar-refractivity contribution in [2.24, 2.45) is 0 Å². The van der Waals surface area contributed by atoms with Crippen molar-refractivity contribution in [3.63, 3.8) is 0 Å². The third-order valence-electron chi connectivity index (χ3n) is 3.21. The lowest BCUT2D eigenvalue weighted by Gasteiger charge is -2.25. The second kappa shape index (κ2) is 8.63. The number of halogens is 1. The van der Waals surface area contributed by atoms with E-state index in [1.807, 2.05) is 50.2 Å². The number of hydrogen-bond donors (Lipinski definition) is 1. The summed E-state index contributed by atoms with van der Waals surface area (Å²) in [4.78, 5) is 14.1. The Morgan fingerprint density at radius 3 is 2.74 bits per heavy atom. The van der Waals surface area contributed by atoms with E-state index >= 15 is 0 Å². The van der Waals surface area contributed by atoms with Crippen molar-refractivity contribution in [2.75, 3.05) is 26.4 Å². The molecule has 124 valence electrons. The van der Waals surface area contributed by atoms with Crippen LogP contribution in [0.3, 0.4) is 0 Å². The van der Waals surface area contributed by atoms with Gasteiger partial charge in [-0.15, -0.1) is 10.2 Å². The van der Waals surface area contributed by atoms with E-state index in [1.165, 1.54) is 23.1 Å². The molecule has 0 aliphatic heterocycles. The van der Waals surface area contributed by atoms with Crippen LogP contribution in [0.15, 0.2) is 28.6 Å². The highest BCUT2D eigenvalue weighted by atomic mass is 35.5. The van der Waals surface area contributed by atoms with Crippen LogP contribution in [0.4, 0.5) is 0 Å². The molecular weight excluding hydrogens is 352 g/mol. The predicted octanol–water partition coefficient (Wildman–Crippen LogP) is 3.01. The van der Waals surface area contributed by atoms with Crippen LogP contribution in [0, 0.1) is 6.92 Å². The molecule has 0 bridgehead atoms. The monoisotopic (exact) mass is 370 g/mol. The van der Waals surface area contributed by atoms with E-state index in [2.05, 4.69) is 15.5 Å². The van der Waals surface area contributed by atoms with Crippen molar-refractivity contribution in [3.8, 4) is 0 Å². The van der Waals surface area contributed by atoms with Crippen molar-refractivity contribution in [1.82, 2.24) is 20.4 Å². The van der Waals surface area contributed by atoms with Gasteiger partial charge in [0.25, 0.3) is 0 Å². The molecule has 0 saturated carbocycles. The third-order valence-corrected chi connectivity index (χ3v) is 5.53. The van der Waals surface area contributed by atoms with Gasteiger partial charge in [-0.05, 0) is 32.6 Å². The molecule has 8 heteroatoms. The van der Waals surface area contributed by atoms with Gasteiger partial charge in [0.1, 0.15) is 5.01 Å². The number of carbonyl (C=O) groups excluding carboxylic acids is 1. The molecule has 1 amide bonds. The molecule has 0 fully saturated rings. The normalized spacial score (nSPS) is 12.4. The number of likely N-dealkylation sites (N-methyl/N-ethyl adjacent to an activating group) is 1. The zero-order chi connectivity index (χ0) is 16.8. The molecule has 1 aromatic carbocycles. The van der Waals surface area contributed by atoms with Crippen LogP contribution >= 0.6 is 34.7 Å². The molecule has 1 heterocycles. The van der Waals surface area contributed by atoms with Crippen LogP contribution in [-0.2, 0) is 4.79 Å². The summed E-state index contributed by atoms with van der Waals surface area (Å²) in [6.07, 6.45) is 0. The smallest absolute Gasteiger partial charge is 0.230 e. The first-order chi connectivity index (χ1) is 11.0. The van der Waals surface area contributed by atoms with Crippen LogP contribution in [-0.4, -0.2) is 47.4 Å². The Kier molecular flexibility index (Phi) is 6.83. The summed E-state index contributed by atoms with van der Waals surface area (Å²) in [5.41, 5.74) is 1.01. The first kappa shape index (κ1) is 18.2. The second-order valence-electron chi connectivity index (χ2n) is 5.18. The minimum absolute atomic E-state index is 0.0262. The fraction of sp³-hybridized carbons (Fsp3) is 0.400. The SMILES string of the molecule is Cc1nnc(SCC(=O)NC[C@@H](c2ccccc2Cl)N(C)C)s1. The zero-order valence-corrected chi connectivity index (χ0v) is 15.6. The van der Waals surface area contributed by atoms with Gasteiger partial charge < -0.3 is 10.2 Å². The third kappa shape index (κ3) is 5.46. The second-order valence-corrected chi connectivity index (χ2v) is 7.99. The maximum atomic E-state index is 12.0. The van der Waals surface area contributed by atoms with Gasteiger partial charge in [0, 0.05) is 11.6 Å². The highest BCUT2D eigenvalue weighted by Gasteiger charge is 2.18. The Balaban J connectivity index is 1.89. The quantitative estimate of drug-likeness (QED) is 0.759. The number of aromatic nitrogens is 2. The lowest BCUT2D eigenvalue weighted by molar-refractivity contribution is -0.118. The highest BCUT2D eigenvalue weighted by Crippen LogP contribution is 2.25. The Morgan fingerprint density at radius 2 is 2.13 bits per heavy atom. The first-order valence-electron chi connectivity index (χ1n) is 7.08. The molecule has 0 radical (unpaired) electrons. The minimum atomic E-state index is -0.0262. The molecule has 0 spiro atoms. The van der Waals surface area contributed by atoms with Gasteiger partial charge in [-0.3, -0.25) is 4.79 Å². The number of carbonyl (C=O) groups is 1. The molecule has 2 rings (SSSR count). The van der Waals surface area contributed by atoms with Crippen LogP contribution in [0.25, 0.3) is 0 Å². The summed E-state index contributed by atoms with van der Waals surface area (Å²) in [6.45, 7) is 2.40. The predicted molar refractivity (Wildman–Crippen MR) is 96.3 cm³/mol. The molecule has 0 saturated heterocycles. The van der Waals surface area contributed by atoms with Crippen molar-refractivity contribution < 1.29 is 4.79 Å². The number of benzene rings is 1. The molecule has 0 aliphatic rings. The largest absolute Gasteiger partial charge is 0.353 e. The summed E-state index contributed by atoms with van der Waals surface area (Å²) < 4.78 is 0.813. The van der Waals surface area contributed by atoms with E-state index < -0.39 is 0 Å². The van der Waals surface area contributed by atoms with E-state index in [1.54, 1.807) is 0 Å². The summed E-state index contributed by atoms with van der Waals surface area (Å²) >= 11 is 9.16. The summed E-state index contributed by atoms with van der Waals surface area (Å²) in [6, 6.07) is 7.73. The Hall–Kier alpha value is -1.15. The Labute approximate surface area is 149 Å². The number of thioether (sulfide) groups is 1. The standard InChI is InChI=1S/C15H19ClN4OS2/c1-10-18-19-15(23-10)22-9-14(21)17-8-13(20(2)3)11-6-4-5-7-12(11)16/h4-7,13H,8-9H2,1-3H3,(H,17,21)/t13-/m0/s1. The lowest BCUT2D eigenvalue weighted by atomic mass is 10.1. The van der Waals surface area contributed by atoms with Crippen LogP contribution in [0.5, 0.6) is 0 Å². The maximum Gasteiger partial charge on any atom is 0.230 e. The molecule has 2 aromatic rings. The number of nitrogens with zero attached hydrogens (tertiary/aromatic N) is 3. The van der Waals surface area contributed by atoms with Crippen LogP contribution in [0.1, 0.15) is 16.6 Å². The van der Waals surface area contributed by atoms with Gasteiger partial charge in [-0.2, -0.15) is 0 Å². The molecule has 0 unspecified atom stereocenters. The van der Waals surface area contributed by atoms with Gasteiger partial charge in [0.15, 0.2) is 4.34 Å². The average Bonchev–Trinajstić information content (AvgIpc) is 2.92. The van der Waals surface area contributed by atoms with Crippen molar-refractivity contribution in [2.45, 2.75) is 17.3 Å². The summed E-state index contributed by atoms with van der Waals surface area (Å²) in [5, 5.41) is 12.5. The summed E-state index contributed by atoms with van der Waals surface area (Å²) in [5.74, 6) is 0.305. The van der Waals surface area contributed by atoms with Gasteiger partial charge >= 0.3 is 0 Å². The van der Waals surface area contributed by atoms with Gasteiger partial charge in [-0.25, -0.2) is 0 Å². The molecule has 1 atom stereocenters. The van der Waals surface area contributed by atoms with Crippen molar-refractivity contribution >= 4 is 40.6 Å². The maximum absolute atomic E-state index is 12.0. The number of nitrogens with one attached hydrogen (secondary N) is 1. The van der Waals surface area contributed by atoms with Gasteiger partial charge in [0.05, 0.1) is 11.8 Å².